The Morgan fingerprint density at radius 2 is 2.00 bits per heavy atom. The molecule has 1 aliphatic rings. The second-order valence-corrected chi connectivity index (χ2v) is 8.10. The lowest BCUT2D eigenvalue weighted by atomic mass is 9.83. The zero-order chi connectivity index (χ0) is 19.0. The number of rotatable bonds is 3. The van der Waals surface area contributed by atoms with Gasteiger partial charge in [0.05, 0.1) is 5.02 Å². The van der Waals surface area contributed by atoms with Crippen LogP contribution in [0, 0.1) is 25.3 Å². The van der Waals surface area contributed by atoms with E-state index in [0.29, 0.717) is 10.9 Å². The number of nitrogens with zero attached hydrogens (tertiary/aromatic N) is 5. The maximum Gasteiger partial charge on any atom is 0.372 e. The van der Waals surface area contributed by atoms with Crippen molar-refractivity contribution in [2.24, 2.45) is 11.8 Å². The van der Waals surface area contributed by atoms with Gasteiger partial charge >= 0.3 is 5.95 Å². The van der Waals surface area contributed by atoms with Crippen LogP contribution < -0.4 is 0 Å². The summed E-state index contributed by atoms with van der Waals surface area (Å²) in [5.74, 6) is 1.66. The molecule has 1 aliphatic carbocycles. The van der Waals surface area contributed by atoms with Gasteiger partial charge in [-0.15, -0.1) is 16.5 Å². The van der Waals surface area contributed by atoms with Crippen molar-refractivity contribution >= 4 is 28.6 Å². The van der Waals surface area contributed by atoms with E-state index < -0.39 is 0 Å². The number of hydrogen-bond donors (Lipinski definition) is 0. The Labute approximate surface area is 164 Å². The summed E-state index contributed by atoms with van der Waals surface area (Å²) in [5.41, 5.74) is 4.44. The fourth-order valence-electron chi connectivity index (χ4n) is 4.08. The molecule has 1 fully saturated rings. The van der Waals surface area contributed by atoms with Crippen LogP contribution in [0.3, 0.4) is 0 Å². The van der Waals surface area contributed by atoms with E-state index in [0.717, 1.165) is 40.3 Å². The third kappa shape index (κ3) is 3.54. The predicted octanol–water partition coefficient (Wildman–Crippen LogP) is 5.83. The predicted molar refractivity (Wildman–Crippen MR) is 108 cm³/mol. The lowest BCUT2D eigenvalue weighted by Crippen LogP contribution is -2.17. The van der Waals surface area contributed by atoms with Crippen molar-refractivity contribution in [1.82, 2.24) is 19.5 Å². The highest BCUT2D eigenvalue weighted by molar-refractivity contribution is 6.30. The van der Waals surface area contributed by atoms with Crippen molar-refractivity contribution < 1.29 is 0 Å². The van der Waals surface area contributed by atoms with Crippen LogP contribution in [0.2, 0.25) is 5.02 Å². The summed E-state index contributed by atoms with van der Waals surface area (Å²) >= 11 is 6.16. The number of halogens is 1. The van der Waals surface area contributed by atoms with Crippen molar-refractivity contribution in [2.75, 3.05) is 0 Å². The van der Waals surface area contributed by atoms with Crippen LogP contribution in [-0.4, -0.2) is 19.5 Å². The SMILES string of the molecule is [C-]#[N+]c1nc(-c2cncc(Cl)c2)c2c(n1)c(C)cn2CC1CCC(C)CC1. The minimum absolute atomic E-state index is 0.157. The summed E-state index contributed by atoms with van der Waals surface area (Å²) in [4.78, 5) is 16.7. The van der Waals surface area contributed by atoms with Crippen LogP contribution in [-0.2, 0) is 6.54 Å². The summed E-state index contributed by atoms with van der Waals surface area (Å²) in [6.07, 6.45) is 10.6. The van der Waals surface area contributed by atoms with Gasteiger partial charge in [0.2, 0.25) is 0 Å². The minimum Gasteiger partial charge on any atom is -0.394 e. The molecule has 0 N–H and O–H groups in total. The van der Waals surface area contributed by atoms with Gasteiger partial charge in [-0.25, -0.2) is 0 Å². The molecule has 0 bridgehead atoms. The van der Waals surface area contributed by atoms with Gasteiger partial charge in [0.15, 0.2) is 11.2 Å². The van der Waals surface area contributed by atoms with E-state index >= 15 is 0 Å². The molecule has 1 saturated carbocycles. The van der Waals surface area contributed by atoms with E-state index in [9.17, 15) is 0 Å². The Kier molecular flexibility index (Phi) is 4.84. The van der Waals surface area contributed by atoms with Crippen molar-refractivity contribution in [3.8, 4) is 11.3 Å². The van der Waals surface area contributed by atoms with E-state index in [2.05, 4.69) is 37.5 Å². The van der Waals surface area contributed by atoms with Gasteiger partial charge in [0.1, 0.15) is 5.52 Å². The molecule has 3 aromatic heterocycles. The third-order valence-electron chi connectivity index (χ3n) is 5.55. The summed E-state index contributed by atoms with van der Waals surface area (Å²) < 4.78 is 2.27. The number of fused-ring (bicyclic) bond motifs is 1. The topological polar surface area (TPSA) is 48.0 Å². The molecule has 0 amide bonds. The molecular formula is C21H22ClN5. The molecule has 0 radical (unpaired) electrons. The molecular weight excluding hydrogens is 358 g/mol. The summed E-state index contributed by atoms with van der Waals surface area (Å²) in [6.45, 7) is 12.7. The highest BCUT2D eigenvalue weighted by atomic mass is 35.5. The number of pyridine rings is 1. The first-order chi connectivity index (χ1) is 13.0. The Morgan fingerprint density at radius 3 is 2.70 bits per heavy atom. The van der Waals surface area contributed by atoms with E-state index in [-0.39, 0.29) is 5.95 Å². The molecule has 0 atom stereocenters. The maximum absolute atomic E-state index is 7.37. The molecule has 0 aromatic carbocycles. The number of hydrogen-bond acceptors (Lipinski definition) is 3. The molecule has 0 unspecified atom stereocenters. The van der Waals surface area contributed by atoms with Gasteiger partial charge in [-0.1, -0.05) is 31.4 Å². The molecule has 138 valence electrons. The maximum atomic E-state index is 7.37. The van der Waals surface area contributed by atoms with E-state index in [4.69, 9.17) is 18.2 Å². The van der Waals surface area contributed by atoms with Crippen molar-refractivity contribution in [3.63, 3.8) is 0 Å². The highest BCUT2D eigenvalue weighted by Gasteiger charge is 2.24. The fourth-order valence-corrected chi connectivity index (χ4v) is 4.25. The molecule has 3 aromatic rings. The molecule has 0 spiro atoms. The quantitative estimate of drug-likeness (QED) is 0.537. The first-order valence-corrected chi connectivity index (χ1v) is 9.78. The second-order valence-electron chi connectivity index (χ2n) is 7.66. The van der Waals surface area contributed by atoms with E-state index in [1.807, 2.05) is 13.0 Å². The van der Waals surface area contributed by atoms with Gasteiger partial charge < -0.3 is 9.41 Å². The molecule has 27 heavy (non-hydrogen) atoms. The summed E-state index contributed by atoms with van der Waals surface area (Å²) in [5, 5.41) is 0.555. The molecule has 4 rings (SSSR count). The Balaban J connectivity index is 1.84. The largest absolute Gasteiger partial charge is 0.394 e. The van der Waals surface area contributed by atoms with Gasteiger partial charge in [-0.05, 0) is 37.7 Å². The average molecular weight is 380 g/mol. The standard InChI is InChI=1S/C21H22ClN5/c1-13-4-6-15(7-5-13)12-27-11-14(2)18-20(27)19(26-21(23-3)25-18)16-8-17(22)10-24-9-16/h8-11,13,15H,4-7,12H2,1-2H3. The second kappa shape index (κ2) is 7.28. The van der Waals surface area contributed by atoms with Gasteiger partial charge in [0, 0.05) is 36.3 Å². The van der Waals surface area contributed by atoms with Crippen LogP contribution in [0.1, 0.15) is 38.2 Å². The molecule has 0 aliphatic heterocycles. The monoisotopic (exact) mass is 379 g/mol. The van der Waals surface area contributed by atoms with Crippen molar-refractivity contribution in [1.29, 1.82) is 0 Å². The normalized spacial score (nSPS) is 19.9. The van der Waals surface area contributed by atoms with Crippen molar-refractivity contribution in [2.45, 2.75) is 46.1 Å². The molecule has 3 heterocycles. The fraction of sp³-hybridized carbons (Fsp3) is 0.429. The average Bonchev–Trinajstić information content (AvgIpc) is 2.98. The van der Waals surface area contributed by atoms with E-state index in [1.165, 1.54) is 25.7 Å². The molecule has 6 heteroatoms. The van der Waals surface area contributed by atoms with Crippen molar-refractivity contribution in [3.05, 3.63) is 46.7 Å². The van der Waals surface area contributed by atoms with Gasteiger partial charge in [-0.3, -0.25) is 4.98 Å². The number of aryl methyl sites for hydroxylation is 1. The Morgan fingerprint density at radius 1 is 1.22 bits per heavy atom. The van der Waals surface area contributed by atoms with Crippen LogP contribution in [0.15, 0.2) is 24.7 Å². The van der Waals surface area contributed by atoms with Crippen LogP contribution in [0.25, 0.3) is 27.1 Å². The van der Waals surface area contributed by atoms with Gasteiger partial charge in [-0.2, -0.15) is 0 Å². The zero-order valence-electron chi connectivity index (χ0n) is 15.6. The molecule has 0 saturated heterocycles. The van der Waals surface area contributed by atoms with Gasteiger partial charge in [0.25, 0.3) is 0 Å². The number of aromatic nitrogens is 4. The summed E-state index contributed by atoms with van der Waals surface area (Å²) in [6, 6.07) is 1.85. The van der Waals surface area contributed by atoms with Crippen LogP contribution in [0.4, 0.5) is 5.95 Å². The zero-order valence-corrected chi connectivity index (χ0v) is 16.4. The first-order valence-electron chi connectivity index (χ1n) is 9.41. The first kappa shape index (κ1) is 17.9. The van der Waals surface area contributed by atoms with E-state index in [1.54, 1.807) is 12.4 Å². The van der Waals surface area contributed by atoms with Crippen LogP contribution in [0.5, 0.6) is 0 Å². The Hall–Kier alpha value is -2.45. The highest BCUT2D eigenvalue weighted by Crippen LogP contribution is 2.35. The minimum atomic E-state index is 0.157. The lowest BCUT2D eigenvalue weighted by Gasteiger charge is -2.26. The summed E-state index contributed by atoms with van der Waals surface area (Å²) in [7, 11) is 0. The lowest BCUT2D eigenvalue weighted by molar-refractivity contribution is 0.267. The molecule has 5 nitrogen and oxygen atoms in total. The Bertz CT molecular complexity index is 1020. The smallest absolute Gasteiger partial charge is 0.372 e. The van der Waals surface area contributed by atoms with Crippen LogP contribution >= 0.6 is 11.6 Å². The third-order valence-corrected chi connectivity index (χ3v) is 5.76.